The number of nitrogens with one attached hydrogen (secondary N) is 1. The second-order valence-corrected chi connectivity index (χ2v) is 6.30. The Labute approximate surface area is 127 Å². The number of rotatable bonds is 6. The van der Waals surface area contributed by atoms with Crippen LogP contribution >= 0.6 is 11.3 Å². The Morgan fingerprint density at radius 2 is 2.05 bits per heavy atom. The van der Waals surface area contributed by atoms with Crippen LogP contribution in [0.3, 0.4) is 0 Å². The van der Waals surface area contributed by atoms with Crippen LogP contribution in [0.25, 0.3) is 0 Å². The molecule has 2 rings (SSSR count). The van der Waals surface area contributed by atoms with Gasteiger partial charge in [-0.05, 0) is 43.2 Å². The molecular weight excluding hydrogens is 289 g/mol. The predicted octanol–water partition coefficient (Wildman–Crippen LogP) is 3.67. The molecule has 0 fully saturated rings. The summed E-state index contributed by atoms with van der Waals surface area (Å²) in [6, 6.07) is 9.05. The van der Waals surface area contributed by atoms with E-state index >= 15 is 0 Å². The van der Waals surface area contributed by atoms with Gasteiger partial charge >= 0.3 is 5.97 Å². The average molecular weight is 307 g/mol. The smallest absolute Gasteiger partial charge is 0.308 e. The zero-order valence-electron chi connectivity index (χ0n) is 12.0. The predicted molar refractivity (Wildman–Crippen MR) is 82.1 cm³/mol. The molecule has 0 radical (unpaired) electrons. The number of carbonyl (C=O) groups is 1. The minimum atomic E-state index is -0.820. The maximum atomic E-state index is 13.5. The summed E-state index contributed by atoms with van der Waals surface area (Å²) in [5, 5.41) is 12.1. The van der Waals surface area contributed by atoms with Gasteiger partial charge in [0.25, 0.3) is 0 Å². The molecule has 0 aliphatic rings. The van der Waals surface area contributed by atoms with Crippen molar-refractivity contribution in [2.75, 3.05) is 0 Å². The lowest BCUT2D eigenvalue weighted by Gasteiger charge is -2.14. The van der Waals surface area contributed by atoms with E-state index in [2.05, 4.69) is 5.32 Å². The molecule has 21 heavy (non-hydrogen) atoms. The molecule has 112 valence electrons. The first kappa shape index (κ1) is 15.7. The van der Waals surface area contributed by atoms with E-state index in [0.717, 1.165) is 15.3 Å². The van der Waals surface area contributed by atoms with Crippen molar-refractivity contribution >= 4 is 17.3 Å². The Kier molecular flexibility index (Phi) is 5.09. The van der Waals surface area contributed by atoms with Crippen LogP contribution in [0.4, 0.5) is 4.39 Å². The van der Waals surface area contributed by atoms with Crippen molar-refractivity contribution in [1.29, 1.82) is 0 Å². The van der Waals surface area contributed by atoms with E-state index in [4.69, 9.17) is 5.11 Å². The molecule has 0 aliphatic carbocycles. The highest BCUT2D eigenvalue weighted by Crippen LogP contribution is 2.20. The first-order valence-electron chi connectivity index (χ1n) is 6.74. The van der Waals surface area contributed by atoms with Crippen molar-refractivity contribution in [2.24, 2.45) is 0 Å². The highest BCUT2D eigenvalue weighted by Gasteiger charge is 2.09. The molecule has 0 aliphatic heterocycles. The zero-order valence-corrected chi connectivity index (χ0v) is 12.8. The van der Waals surface area contributed by atoms with E-state index in [0.29, 0.717) is 12.1 Å². The Morgan fingerprint density at radius 3 is 2.71 bits per heavy atom. The van der Waals surface area contributed by atoms with Crippen LogP contribution in [-0.2, 0) is 17.8 Å². The summed E-state index contributed by atoms with van der Waals surface area (Å²) in [6.45, 7) is 4.36. The number of benzene rings is 1. The molecule has 5 heteroatoms. The van der Waals surface area contributed by atoms with Crippen molar-refractivity contribution in [3.05, 3.63) is 57.0 Å². The van der Waals surface area contributed by atoms with Crippen molar-refractivity contribution in [2.45, 2.75) is 32.9 Å². The fourth-order valence-corrected chi connectivity index (χ4v) is 2.97. The molecule has 0 bridgehead atoms. The van der Waals surface area contributed by atoms with Gasteiger partial charge in [-0.25, -0.2) is 4.39 Å². The Bertz CT molecular complexity index is 639. The van der Waals surface area contributed by atoms with E-state index in [9.17, 15) is 9.18 Å². The number of thiophene rings is 1. The summed E-state index contributed by atoms with van der Waals surface area (Å²) in [4.78, 5) is 12.6. The van der Waals surface area contributed by atoms with E-state index in [1.165, 1.54) is 11.3 Å². The van der Waals surface area contributed by atoms with Crippen LogP contribution in [0.2, 0.25) is 0 Å². The molecule has 1 aromatic heterocycles. The minimum absolute atomic E-state index is 0.0325. The number of aryl methyl sites for hydroxylation is 1. The third kappa shape index (κ3) is 4.37. The summed E-state index contributed by atoms with van der Waals surface area (Å²) in [5.74, 6) is -1.01. The van der Waals surface area contributed by atoms with Crippen molar-refractivity contribution < 1.29 is 14.3 Å². The fourth-order valence-electron chi connectivity index (χ4n) is 2.01. The van der Waals surface area contributed by atoms with E-state index in [1.807, 2.05) is 25.1 Å². The number of halogens is 1. The van der Waals surface area contributed by atoms with Gasteiger partial charge in [-0.15, -0.1) is 11.3 Å². The summed E-state index contributed by atoms with van der Waals surface area (Å²) < 4.78 is 13.5. The fraction of sp³-hybridized carbons (Fsp3) is 0.312. The van der Waals surface area contributed by atoms with Crippen molar-refractivity contribution in [1.82, 2.24) is 5.32 Å². The van der Waals surface area contributed by atoms with Gasteiger partial charge in [-0.3, -0.25) is 4.79 Å². The first-order valence-corrected chi connectivity index (χ1v) is 7.56. The second-order valence-electron chi connectivity index (χ2n) is 5.05. The van der Waals surface area contributed by atoms with Gasteiger partial charge in [-0.1, -0.05) is 12.1 Å². The maximum Gasteiger partial charge on any atom is 0.308 e. The standard InChI is InChI=1S/C16H18FNO2S/c1-10-3-4-12(7-15(10)17)11(2)18-9-14-6-5-13(21-14)8-16(19)20/h3-7,11,18H,8-9H2,1-2H3,(H,19,20). The molecule has 2 N–H and O–H groups in total. The summed E-state index contributed by atoms with van der Waals surface area (Å²) in [5.41, 5.74) is 1.54. The topological polar surface area (TPSA) is 49.3 Å². The van der Waals surface area contributed by atoms with Gasteiger partial charge in [0, 0.05) is 22.3 Å². The molecule has 1 unspecified atom stereocenters. The van der Waals surface area contributed by atoms with Gasteiger partial charge in [0.05, 0.1) is 6.42 Å². The lowest BCUT2D eigenvalue weighted by atomic mass is 10.1. The first-order chi connectivity index (χ1) is 9.95. The molecule has 0 saturated heterocycles. The normalized spacial score (nSPS) is 12.3. The molecular formula is C16H18FNO2S. The number of carboxylic acid groups (broad SMARTS) is 1. The van der Waals surface area contributed by atoms with Crippen LogP contribution < -0.4 is 5.32 Å². The number of hydrogen-bond acceptors (Lipinski definition) is 3. The van der Waals surface area contributed by atoms with E-state index < -0.39 is 5.97 Å². The summed E-state index contributed by atoms with van der Waals surface area (Å²) in [7, 11) is 0. The van der Waals surface area contributed by atoms with Crippen LogP contribution in [0.15, 0.2) is 30.3 Å². The number of aliphatic carboxylic acids is 1. The lowest BCUT2D eigenvalue weighted by molar-refractivity contribution is -0.136. The van der Waals surface area contributed by atoms with Crippen LogP contribution in [0.5, 0.6) is 0 Å². The molecule has 0 spiro atoms. The maximum absolute atomic E-state index is 13.5. The minimum Gasteiger partial charge on any atom is -0.481 e. The summed E-state index contributed by atoms with van der Waals surface area (Å²) >= 11 is 1.49. The average Bonchev–Trinajstić information content (AvgIpc) is 2.86. The largest absolute Gasteiger partial charge is 0.481 e. The highest BCUT2D eigenvalue weighted by atomic mass is 32.1. The Balaban J connectivity index is 1.94. The van der Waals surface area contributed by atoms with Crippen molar-refractivity contribution in [3.8, 4) is 0 Å². The highest BCUT2D eigenvalue weighted by molar-refractivity contribution is 7.12. The third-order valence-corrected chi connectivity index (χ3v) is 4.41. The van der Waals surface area contributed by atoms with Gasteiger partial charge < -0.3 is 10.4 Å². The Hall–Kier alpha value is -1.72. The van der Waals surface area contributed by atoms with Gasteiger partial charge in [0.2, 0.25) is 0 Å². The van der Waals surface area contributed by atoms with Gasteiger partial charge in [-0.2, -0.15) is 0 Å². The molecule has 0 amide bonds. The SMILES string of the molecule is Cc1ccc(C(C)NCc2ccc(CC(=O)O)s2)cc1F. The Morgan fingerprint density at radius 1 is 1.33 bits per heavy atom. The quantitative estimate of drug-likeness (QED) is 0.856. The second kappa shape index (κ2) is 6.83. The van der Waals surface area contributed by atoms with Crippen LogP contribution in [0.1, 0.15) is 33.8 Å². The molecule has 1 aromatic carbocycles. The van der Waals surface area contributed by atoms with E-state index in [-0.39, 0.29) is 18.3 Å². The third-order valence-electron chi connectivity index (χ3n) is 3.32. The number of hydrogen-bond donors (Lipinski definition) is 2. The lowest BCUT2D eigenvalue weighted by Crippen LogP contribution is -2.17. The van der Waals surface area contributed by atoms with Crippen LogP contribution in [-0.4, -0.2) is 11.1 Å². The number of carboxylic acids is 1. The molecule has 0 saturated carbocycles. The van der Waals surface area contributed by atoms with Crippen LogP contribution in [0, 0.1) is 12.7 Å². The van der Waals surface area contributed by atoms with E-state index in [1.54, 1.807) is 19.1 Å². The van der Waals surface area contributed by atoms with Gasteiger partial charge in [0.15, 0.2) is 0 Å². The zero-order chi connectivity index (χ0) is 15.4. The van der Waals surface area contributed by atoms with Gasteiger partial charge in [0.1, 0.15) is 5.82 Å². The molecule has 3 nitrogen and oxygen atoms in total. The summed E-state index contributed by atoms with van der Waals surface area (Å²) in [6.07, 6.45) is 0.0589. The van der Waals surface area contributed by atoms with Crippen molar-refractivity contribution in [3.63, 3.8) is 0 Å². The molecule has 1 heterocycles. The molecule has 2 aromatic rings. The molecule has 1 atom stereocenters. The monoisotopic (exact) mass is 307 g/mol.